The molecule has 15 rings (SSSR count). The molecule has 10 aromatic heterocycles. The van der Waals surface area contributed by atoms with E-state index in [2.05, 4.69) is 56.9 Å². The van der Waals surface area contributed by atoms with E-state index in [9.17, 15) is 40.4 Å². The molecule has 28 nitrogen and oxygen atoms in total. The minimum Gasteiger partial charge on any atom is -0.462 e. The molecule has 14 heterocycles. The Kier molecular flexibility index (Phi) is 20.7. The highest BCUT2D eigenvalue weighted by Crippen LogP contribution is 2.42. The Hall–Kier alpha value is -9.56. The summed E-state index contributed by atoms with van der Waals surface area (Å²) in [4.78, 5) is 81.9. The number of pyridine rings is 4. The molecule has 1 saturated carbocycles. The summed E-state index contributed by atoms with van der Waals surface area (Å²) in [5, 5.41) is 16.4. The number of hydrogen-bond donors (Lipinski definition) is 3. The van der Waals surface area contributed by atoms with Crippen molar-refractivity contribution in [1.29, 1.82) is 0 Å². The molecule has 104 heavy (non-hydrogen) atoms. The van der Waals surface area contributed by atoms with Crippen molar-refractivity contribution < 1.29 is 54.6 Å². The molecule has 5 aliphatic rings. The molecule has 1 amide bonds. The third-order valence-corrected chi connectivity index (χ3v) is 24.8. The number of nitrogens with one attached hydrogen (secondary N) is 3. The average Bonchev–Trinajstić information content (AvgIpc) is 1.41. The molecule has 3 N–H and O–H groups in total. The largest absolute Gasteiger partial charge is 0.462 e. The summed E-state index contributed by atoms with van der Waals surface area (Å²) in [5.41, 5.74) is 7.24. The average molecular weight is 1460 g/mol. The van der Waals surface area contributed by atoms with E-state index in [1.807, 2.05) is 84.0 Å². The number of rotatable bonds is 23. The molecule has 4 aliphatic heterocycles. The number of aromatic amines is 3. The van der Waals surface area contributed by atoms with Gasteiger partial charge in [-0.05, 0) is 109 Å². The van der Waals surface area contributed by atoms with E-state index in [0.717, 1.165) is 108 Å². The lowest BCUT2D eigenvalue weighted by Crippen LogP contribution is -2.66. The second kappa shape index (κ2) is 29.5. The molecule has 1 aliphatic carbocycles. The highest BCUT2D eigenvalue weighted by Gasteiger charge is 2.51. The van der Waals surface area contributed by atoms with Crippen LogP contribution in [-0.4, -0.2) is 213 Å². The van der Waals surface area contributed by atoms with Gasteiger partial charge in [-0.2, -0.15) is 23.9 Å². The van der Waals surface area contributed by atoms with Crippen molar-refractivity contribution in [2.24, 2.45) is 5.92 Å². The van der Waals surface area contributed by atoms with Gasteiger partial charge >= 0.3 is 17.9 Å². The predicted octanol–water partition coefficient (Wildman–Crippen LogP) is 9.70. The molecule has 5 fully saturated rings. The van der Waals surface area contributed by atoms with Crippen LogP contribution >= 0.6 is 0 Å². The number of fused-ring (bicyclic) bond motifs is 3. The second-order valence-electron chi connectivity index (χ2n) is 27.5. The van der Waals surface area contributed by atoms with Crippen LogP contribution in [0.5, 0.6) is 0 Å². The van der Waals surface area contributed by atoms with E-state index in [-0.39, 0.29) is 46.8 Å². The van der Waals surface area contributed by atoms with Crippen LogP contribution in [0.3, 0.4) is 0 Å². The Morgan fingerprint density at radius 2 is 0.942 bits per heavy atom. The van der Waals surface area contributed by atoms with Crippen LogP contribution in [0.2, 0.25) is 0 Å². The van der Waals surface area contributed by atoms with Crippen LogP contribution in [0.25, 0.3) is 66.5 Å². The van der Waals surface area contributed by atoms with Gasteiger partial charge in [0.25, 0.3) is 5.91 Å². The first-order valence-corrected chi connectivity index (χ1v) is 38.9. The number of aromatic nitrogens is 13. The van der Waals surface area contributed by atoms with Gasteiger partial charge in [0.15, 0.2) is 5.82 Å². The number of sulfonamides is 2. The Balaban J connectivity index is 0.000000141. The van der Waals surface area contributed by atoms with Crippen molar-refractivity contribution in [2.75, 3.05) is 83.7 Å². The topological polar surface area (TPSA) is 330 Å². The summed E-state index contributed by atoms with van der Waals surface area (Å²) in [5.74, 6) is -1.37. The van der Waals surface area contributed by atoms with Crippen LogP contribution in [0.4, 0.5) is 4.39 Å². The summed E-state index contributed by atoms with van der Waals surface area (Å²) >= 11 is 0. The van der Waals surface area contributed by atoms with Gasteiger partial charge < -0.3 is 34.1 Å². The molecule has 0 spiro atoms. The van der Waals surface area contributed by atoms with Gasteiger partial charge in [-0.15, -0.1) is 0 Å². The molecular weight excluding hydrogens is 1370 g/mol. The van der Waals surface area contributed by atoms with Gasteiger partial charge in [0.1, 0.15) is 16.9 Å². The number of piperidine rings is 1. The molecule has 0 unspecified atom stereocenters. The number of likely N-dealkylation sites (tertiary alicyclic amines) is 2. The molecular formula is C73H88FN17O11S2. The molecule has 10 aromatic rings. The second-order valence-corrected chi connectivity index (χ2v) is 32.1. The third-order valence-electron chi connectivity index (χ3n) is 21.3. The fraction of sp³-hybridized carbons (Fsp3) is 0.466. The van der Waals surface area contributed by atoms with Crippen LogP contribution in [0, 0.1) is 18.7 Å². The molecule has 0 atom stereocenters. The number of carbonyl (C=O) groups is 4. The van der Waals surface area contributed by atoms with Crippen molar-refractivity contribution in [3.05, 3.63) is 139 Å². The quantitative estimate of drug-likeness (QED) is 0.0396. The van der Waals surface area contributed by atoms with Crippen molar-refractivity contribution in [1.82, 2.24) is 82.6 Å². The minimum atomic E-state index is -3.23. The molecule has 550 valence electrons. The van der Waals surface area contributed by atoms with Crippen molar-refractivity contribution in [3.8, 4) is 33.4 Å². The van der Waals surface area contributed by atoms with Gasteiger partial charge in [0.2, 0.25) is 20.0 Å². The molecule has 0 aromatic carbocycles. The molecule has 0 bridgehead atoms. The van der Waals surface area contributed by atoms with Crippen LogP contribution in [0.1, 0.15) is 147 Å². The highest BCUT2D eigenvalue weighted by molar-refractivity contribution is 7.89. The number of H-pyrrole nitrogens is 3. The maximum atomic E-state index is 14.5. The number of ether oxygens (including phenoxy) is 3. The fourth-order valence-electron chi connectivity index (χ4n) is 14.4. The lowest BCUT2D eigenvalue weighted by molar-refractivity contribution is -0.0458. The van der Waals surface area contributed by atoms with Crippen molar-refractivity contribution >= 4 is 77.0 Å². The lowest BCUT2D eigenvalue weighted by atomic mass is 9.84. The van der Waals surface area contributed by atoms with E-state index in [4.69, 9.17) is 19.3 Å². The number of esters is 3. The first-order chi connectivity index (χ1) is 50.1. The SMILES string of the molecule is CCC1(n2cc(-c3c(C(=O)OCC4CC4)cnc4[nH]ccc34)cn2)CN(S(=O)(=O)CC)C1.CCCOC(=O)c1cnc2[nH]ccc2c1-c1cnn(C2(CC)CN(S(=O)(=O)CC)C2)c1.CCOC(=O)c1cnc2[nH]ccc2c1-c1cnn(C2(CC)CN(C3CCN(C(=O)c4ccnc(C)c4F)CC3)C2)c1. The lowest BCUT2D eigenvalue weighted by Gasteiger charge is -2.54. The molecule has 31 heteroatoms. The number of carbonyl (C=O) groups excluding carboxylic acids is 4. The Bertz CT molecular complexity index is 5070. The summed E-state index contributed by atoms with van der Waals surface area (Å²) in [6.45, 7) is 20.4. The van der Waals surface area contributed by atoms with Gasteiger partial charge in [0, 0.05) is 170 Å². The number of nitrogens with zero attached hydrogens (tertiary/aromatic N) is 14. The summed E-state index contributed by atoms with van der Waals surface area (Å²) in [6.07, 6.45) is 29.6. The zero-order valence-electron chi connectivity index (χ0n) is 59.8. The van der Waals surface area contributed by atoms with Gasteiger partial charge in [-0.3, -0.25) is 28.7 Å². The standard InChI is InChI=1S/C30H34FN7O3.C22H27N5O4S.C21H27N5O4S/c1-4-30(17-37(18-30)21-8-12-36(13-9-21)28(39)23-7-10-32-19(3)26(23)31)38-16-20(14-35-38)25-22-6-11-33-27(22)34-15-24(25)29(40)41-5-2;1-3-22(13-26(14-22)32(29,30)4-2)27-11-16(9-25-27)19-17-7-8-23-20(17)24-10-18(19)21(28)31-12-15-5-6-15;1-4-9-30-20(27)17-11-23-19-16(7-8-22-19)18(17)15-10-24-26(12-15)21(5-2)13-25(14-21)31(28,29)6-3/h6-7,10-11,14-16,21H,4-5,8-9,12-13,17-18H2,1-3H3,(H,33,34);7-11,15H,3-6,12-14H2,1-2H3,(H,23,24);7-8,10-12H,4-6,9,13-14H2,1-3H3,(H,22,23). The normalized spacial score (nSPS) is 17.5. The maximum absolute atomic E-state index is 14.5. The number of hydrogen-bond acceptors (Lipinski definition) is 19. The fourth-order valence-corrected chi connectivity index (χ4v) is 16.9. The van der Waals surface area contributed by atoms with Crippen molar-refractivity contribution in [3.63, 3.8) is 0 Å². The van der Waals surface area contributed by atoms with Gasteiger partial charge in [-0.1, -0.05) is 27.7 Å². The third kappa shape index (κ3) is 13.8. The Labute approximate surface area is 602 Å². The molecule has 0 radical (unpaired) electrons. The maximum Gasteiger partial charge on any atom is 0.340 e. The number of aryl methyl sites for hydroxylation is 1. The number of amides is 1. The van der Waals surface area contributed by atoms with E-state index in [0.29, 0.717) is 104 Å². The summed E-state index contributed by atoms with van der Waals surface area (Å²) in [7, 11) is -6.45. The van der Waals surface area contributed by atoms with E-state index < -0.39 is 48.9 Å². The Morgan fingerprint density at radius 3 is 1.34 bits per heavy atom. The highest BCUT2D eigenvalue weighted by atomic mass is 32.2. The summed E-state index contributed by atoms with van der Waals surface area (Å²) < 4.78 is 88.3. The monoisotopic (exact) mass is 1460 g/mol. The Morgan fingerprint density at radius 1 is 0.529 bits per heavy atom. The first kappa shape index (κ1) is 72.8. The van der Waals surface area contributed by atoms with Gasteiger partial charge in [-0.25, -0.2) is 50.6 Å². The predicted molar refractivity (Wildman–Crippen MR) is 388 cm³/mol. The first-order valence-electron chi connectivity index (χ1n) is 35.7. The minimum absolute atomic E-state index is 0.0862. The number of halogens is 1. The van der Waals surface area contributed by atoms with E-state index >= 15 is 0 Å². The van der Waals surface area contributed by atoms with Crippen LogP contribution < -0.4 is 0 Å². The smallest absolute Gasteiger partial charge is 0.340 e. The zero-order valence-corrected chi connectivity index (χ0v) is 61.4. The van der Waals surface area contributed by atoms with Crippen molar-refractivity contribution in [2.45, 2.75) is 129 Å². The zero-order chi connectivity index (χ0) is 73.5. The van der Waals surface area contributed by atoms with Gasteiger partial charge in [0.05, 0.1) is 94.5 Å². The van der Waals surface area contributed by atoms with Crippen LogP contribution in [0.15, 0.2) is 105 Å². The summed E-state index contributed by atoms with van der Waals surface area (Å²) in [6, 6.07) is 7.50. The van der Waals surface area contributed by atoms with E-state index in [1.54, 1.807) is 69.8 Å². The molecule has 4 saturated heterocycles. The van der Waals surface area contributed by atoms with Crippen LogP contribution in [-0.2, 0) is 50.9 Å². The van der Waals surface area contributed by atoms with E-state index in [1.165, 1.54) is 27.1 Å².